The maximum absolute atomic E-state index is 12.0. The molecule has 0 fully saturated rings. The van der Waals surface area contributed by atoms with E-state index in [0.29, 0.717) is 11.3 Å². The Bertz CT molecular complexity index is 576. The molecule has 0 spiro atoms. The molecule has 2 aromatic carbocycles. The van der Waals surface area contributed by atoms with E-state index >= 15 is 0 Å². The number of hydrogen-bond donors (Lipinski definition) is 2. The second kappa shape index (κ2) is 5.23. The van der Waals surface area contributed by atoms with Crippen molar-refractivity contribution in [3.05, 3.63) is 58.1 Å². The van der Waals surface area contributed by atoms with Gasteiger partial charge in [-0.15, -0.1) is 0 Å². The van der Waals surface area contributed by atoms with Crippen LogP contribution in [-0.2, 0) is 0 Å². The van der Waals surface area contributed by atoms with Crippen LogP contribution >= 0.6 is 15.9 Å². The second-order valence-corrected chi connectivity index (χ2v) is 5.01. The van der Waals surface area contributed by atoms with Crippen molar-refractivity contribution in [3.8, 4) is 0 Å². The second-order valence-electron chi connectivity index (χ2n) is 4.10. The lowest BCUT2D eigenvalue weighted by Crippen LogP contribution is -2.12. The van der Waals surface area contributed by atoms with E-state index in [9.17, 15) is 4.79 Å². The number of nitrogens with one attached hydrogen (secondary N) is 1. The number of hydrogen-bond acceptors (Lipinski definition) is 2. The molecule has 3 N–H and O–H groups in total. The highest BCUT2D eigenvalue weighted by Crippen LogP contribution is 2.17. The van der Waals surface area contributed by atoms with Gasteiger partial charge >= 0.3 is 0 Å². The summed E-state index contributed by atoms with van der Waals surface area (Å²) in [4.78, 5) is 12.0. The number of nitrogens with two attached hydrogens (primary N) is 1. The molecular formula is C14H13BrN2O. The van der Waals surface area contributed by atoms with E-state index in [1.807, 2.05) is 43.3 Å². The third-order valence-corrected chi connectivity index (χ3v) is 2.94. The Morgan fingerprint density at radius 2 is 2.00 bits per heavy atom. The number of rotatable bonds is 2. The summed E-state index contributed by atoms with van der Waals surface area (Å²) in [5.74, 6) is -0.163. The van der Waals surface area contributed by atoms with Gasteiger partial charge in [0, 0.05) is 21.4 Å². The maximum atomic E-state index is 12.0. The fourth-order valence-corrected chi connectivity index (χ4v) is 2.11. The number of nitrogen functional groups attached to an aromatic ring is 1. The van der Waals surface area contributed by atoms with Crippen LogP contribution in [0.1, 0.15) is 15.9 Å². The van der Waals surface area contributed by atoms with Crippen molar-refractivity contribution in [3.63, 3.8) is 0 Å². The van der Waals surface area contributed by atoms with Gasteiger partial charge in [0.1, 0.15) is 0 Å². The molecule has 18 heavy (non-hydrogen) atoms. The van der Waals surface area contributed by atoms with Gasteiger partial charge in [0.2, 0.25) is 0 Å². The first kappa shape index (κ1) is 12.6. The van der Waals surface area contributed by atoms with Gasteiger partial charge in [-0.25, -0.2) is 0 Å². The minimum Gasteiger partial charge on any atom is -0.399 e. The number of aryl methyl sites for hydroxylation is 1. The standard InChI is InChI=1S/C14H13BrN2O/c1-9-5-10(7-12(16)6-9)14(18)17-13-4-2-3-11(15)8-13/h2-8H,16H2,1H3,(H,17,18). The maximum Gasteiger partial charge on any atom is 0.255 e. The summed E-state index contributed by atoms with van der Waals surface area (Å²) in [6.45, 7) is 1.91. The molecule has 0 saturated carbocycles. The van der Waals surface area contributed by atoms with Crippen molar-refractivity contribution in [1.82, 2.24) is 0 Å². The van der Waals surface area contributed by atoms with E-state index in [1.165, 1.54) is 0 Å². The number of anilines is 2. The normalized spacial score (nSPS) is 10.1. The van der Waals surface area contributed by atoms with Crippen LogP contribution in [0.15, 0.2) is 46.9 Å². The zero-order valence-corrected chi connectivity index (χ0v) is 11.5. The largest absolute Gasteiger partial charge is 0.399 e. The first-order chi connectivity index (χ1) is 8.54. The van der Waals surface area contributed by atoms with E-state index in [0.717, 1.165) is 15.7 Å². The zero-order chi connectivity index (χ0) is 13.1. The van der Waals surface area contributed by atoms with Crippen molar-refractivity contribution in [2.24, 2.45) is 0 Å². The molecule has 0 aliphatic carbocycles. The number of benzene rings is 2. The van der Waals surface area contributed by atoms with Gasteiger partial charge in [0.15, 0.2) is 0 Å². The Kier molecular flexibility index (Phi) is 3.67. The van der Waals surface area contributed by atoms with E-state index in [4.69, 9.17) is 5.73 Å². The molecule has 0 aliphatic rings. The van der Waals surface area contributed by atoms with Crippen LogP contribution < -0.4 is 11.1 Å². The van der Waals surface area contributed by atoms with E-state index < -0.39 is 0 Å². The molecule has 0 unspecified atom stereocenters. The molecule has 92 valence electrons. The van der Waals surface area contributed by atoms with Gasteiger partial charge in [0.05, 0.1) is 0 Å². The number of carbonyl (C=O) groups excluding carboxylic acids is 1. The van der Waals surface area contributed by atoms with Crippen LogP contribution in [0.25, 0.3) is 0 Å². The van der Waals surface area contributed by atoms with E-state index in [1.54, 1.807) is 6.07 Å². The fourth-order valence-electron chi connectivity index (χ4n) is 1.71. The van der Waals surface area contributed by atoms with Gasteiger partial charge in [-0.05, 0) is 48.9 Å². The topological polar surface area (TPSA) is 55.1 Å². The SMILES string of the molecule is Cc1cc(N)cc(C(=O)Nc2cccc(Br)c2)c1. The monoisotopic (exact) mass is 304 g/mol. The Morgan fingerprint density at radius 1 is 1.22 bits per heavy atom. The van der Waals surface area contributed by atoms with Crippen LogP contribution in [0.5, 0.6) is 0 Å². The van der Waals surface area contributed by atoms with Crippen molar-refractivity contribution < 1.29 is 4.79 Å². The molecule has 0 aliphatic heterocycles. The highest BCUT2D eigenvalue weighted by atomic mass is 79.9. The van der Waals surface area contributed by atoms with Crippen molar-refractivity contribution in [1.29, 1.82) is 0 Å². The van der Waals surface area contributed by atoms with Crippen LogP contribution in [0, 0.1) is 6.92 Å². The number of halogens is 1. The lowest BCUT2D eigenvalue weighted by atomic mass is 10.1. The zero-order valence-electron chi connectivity index (χ0n) is 9.91. The van der Waals surface area contributed by atoms with Crippen LogP contribution in [-0.4, -0.2) is 5.91 Å². The van der Waals surface area contributed by atoms with E-state index in [-0.39, 0.29) is 5.91 Å². The molecule has 3 nitrogen and oxygen atoms in total. The molecule has 0 radical (unpaired) electrons. The summed E-state index contributed by atoms with van der Waals surface area (Å²) in [5, 5.41) is 2.83. The quantitative estimate of drug-likeness (QED) is 0.833. The Labute approximate surface area is 114 Å². The van der Waals surface area contributed by atoms with Crippen molar-refractivity contribution in [2.75, 3.05) is 11.1 Å². The van der Waals surface area contributed by atoms with E-state index in [2.05, 4.69) is 21.2 Å². The predicted octanol–water partition coefficient (Wildman–Crippen LogP) is 3.59. The van der Waals surface area contributed by atoms with Gasteiger partial charge in [0.25, 0.3) is 5.91 Å². The molecule has 2 aromatic rings. The van der Waals surface area contributed by atoms with Crippen LogP contribution in [0.4, 0.5) is 11.4 Å². The van der Waals surface area contributed by atoms with Gasteiger partial charge in [-0.1, -0.05) is 22.0 Å². The summed E-state index contributed by atoms with van der Waals surface area (Å²) in [6.07, 6.45) is 0. The molecule has 2 rings (SSSR count). The molecule has 1 amide bonds. The summed E-state index contributed by atoms with van der Waals surface area (Å²) < 4.78 is 0.920. The smallest absolute Gasteiger partial charge is 0.255 e. The minimum atomic E-state index is -0.163. The average molecular weight is 305 g/mol. The Morgan fingerprint density at radius 3 is 2.67 bits per heavy atom. The van der Waals surface area contributed by atoms with Gasteiger partial charge < -0.3 is 11.1 Å². The predicted molar refractivity (Wildman–Crippen MR) is 77.7 cm³/mol. The Hall–Kier alpha value is -1.81. The summed E-state index contributed by atoms with van der Waals surface area (Å²) in [7, 11) is 0. The molecule has 0 aromatic heterocycles. The first-order valence-corrected chi connectivity index (χ1v) is 6.28. The average Bonchev–Trinajstić information content (AvgIpc) is 2.27. The summed E-state index contributed by atoms with van der Waals surface area (Å²) in [5.41, 5.74) is 8.59. The third kappa shape index (κ3) is 3.11. The van der Waals surface area contributed by atoms with Crippen LogP contribution in [0.3, 0.4) is 0 Å². The molecule has 0 heterocycles. The van der Waals surface area contributed by atoms with Gasteiger partial charge in [-0.3, -0.25) is 4.79 Å². The molecule has 0 atom stereocenters. The molecule has 0 saturated heterocycles. The third-order valence-electron chi connectivity index (χ3n) is 2.44. The molecule has 0 bridgehead atoms. The molecule has 4 heteroatoms. The lowest BCUT2D eigenvalue weighted by molar-refractivity contribution is 0.102. The lowest BCUT2D eigenvalue weighted by Gasteiger charge is -2.07. The summed E-state index contributed by atoms with van der Waals surface area (Å²) in [6, 6.07) is 12.8. The van der Waals surface area contributed by atoms with Crippen LogP contribution in [0.2, 0.25) is 0 Å². The minimum absolute atomic E-state index is 0.163. The highest BCUT2D eigenvalue weighted by molar-refractivity contribution is 9.10. The Balaban J connectivity index is 2.22. The number of carbonyl (C=O) groups is 1. The summed E-state index contributed by atoms with van der Waals surface area (Å²) >= 11 is 3.36. The molecular weight excluding hydrogens is 292 g/mol. The highest BCUT2D eigenvalue weighted by Gasteiger charge is 2.07. The first-order valence-electron chi connectivity index (χ1n) is 5.49. The fraction of sp³-hybridized carbons (Fsp3) is 0.0714. The van der Waals surface area contributed by atoms with Crippen molar-refractivity contribution in [2.45, 2.75) is 6.92 Å². The van der Waals surface area contributed by atoms with Gasteiger partial charge in [-0.2, -0.15) is 0 Å². The number of amides is 1. The van der Waals surface area contributed by atoms with Crippen molar-refractivity contribution >= 4 is 33.2 Å².